The molecule has 48 heavy (non-hydrogen) atoms. The zero-order chi connectivity index (χ0) is 32.1. The number of rotatable bonds is 2. The average molecular weight is 617 g/mol. The van der Waals surface area contributed by atoms with Crippen LogP contribution >= 0.6 is 0 Å². The van der Waals surface area contributed by atoms with Gasteiger partial charge in [0, 0.05) is 50.4 Å². The fraction of sp³-hybridized carbons (Fsp3) is 0.0909. The van der Waals surface area contributed by atoms with Gasteiger partial charge in [0.05, 0.1) is 27.6 Å². The summed E-state index contributed by atoms with van der Waals surface area (Å²) in [5, 5.41) is 11.0. The Labute approximate surface area is 277 Å². The van der Waals surface area contributed by atoms with Crippen molar-refractivity contribution in [3.8, 4) is 11.5 Å². The van der Waals surface area contributed by atoms with Gasteiger partial charge in [-0.25, -0.2) is 4.98 Å². The van der Waals surface area contributed by atoms with Gasteiger partial charge in [-0.15, -0.1) is 0 Å². The Hall–Kier alpha value is -6.00. The van der Waals surface area contributed by atoms with Crippen LogP contribution in [-0.2, 0) is 5.41 Å². The second kappa shape index (κ2) is 9.76. The maximum Gasteiger partial charge on any atom is 0.137 e. The topological polar surface area (TPSA) is 35.6 Å². The molecule has 4 nitrogen and oxygen atoms in total. The Kier molecular flexibility index (Phi) is 5.52. The van der Waals surface area contributed by atoms with Gasteiger partial charge in [-0.3, -0.25) is 9.55 Å². The smallest absolute Gasteiger partial charge is 0.137 e. The van der Waals surface area contributed by atoms with Gasteiger partial charge in [0.1, 0.15) is 5.82 Å². The maximum absolute atomic E-state index is 4.94. The van der Waals surface area contributed by atoms with Crippen LogP contribution in [0.1, 0.15) is 26.3 Å². The van der Waals surface area contributed by atoms with E-state index in [2.05, 4.69) is 151 Å². The number of benzene rings is 6. The normalized spacial score (nSPS) is 12.5. The van der Waals surface area contributed by atoms with Crippen molar-refractivity contribution < 1.29 is 0 Å². The van der Waals surface area contributed by atoms with E-state index < -0.39 is 0 Å². The first kappa shape index (κ1) is 27.1. The standard InChI is InChI=1S/C44H32N4/c1-44(2,3)27-20-22-45-42(23-27)48-39-17-9-6-13-31(39)33-19-18-28(24-40(33)48)47-38-16-8-7-14-32(38)36-25-35-30-12-5-4-11-29(30)34-15-10-21-46-43(34)37(35)26-41(36)47/h4-26H,1-3H3. The summed E-state index contributed by atoms with van der Waals surface area (Å²) in [5.74, 6) is 0.934. The molecular formula is C44H32N4. The lowest BCUT2D eigenvalue weighted by Crippen LogP contribution is -2.12. The van der Waals surface area contributed by atoms with Crippen molar-refractivity contribution in [1.82, 2.24) is 19.1 Å². The van der Waals surface area contributed by atoms with Crippen LogP contribution in [0.2, 0.25) is 0 Å². The van der Waals surface area contributed by atoms with Gasteiger partial charge >= 0.3 is 0 Å². The first-order valence-electron chi connectivity index (χ1n) is 16.6. The van der Waals surface area contributed by atoms with Crippen LogP contribution in [0.15, 0.2) is 140 Å². The number of hydrogen-bond donors (Lipinski definition) is 0. The monoisotopic (exact) mass is 616 g/mol. The van der Waals surface area contributed by atoms with E-state index in [1.54, 1.807) is 0 Å². The van der Waals surface area contributed by atoms with E-state index in [1.807, 2.05) is 18.5 Å². The van der Waals surface area contributed by atoms with E-state index in [0.29, 0.717) is 0 Å². The molecule has 0 aliphatic heterocycles. The minimum atomic E-state index is 0.0116. The van der Waals surface area contributed by atoms with Crippen LogP contribution in [0.4, 0.5) is 0 Å². The molecule has 4 aromatic heterocycles. The second-order valence-electron chi connectivity index (χ2n) is 13.9. The van der Waals surface area contributed by atoms with Crippen molar-refractivity contribution in [3.63, 3.8) is 0 Å². The molecule has 0 unspecified atom stereocenters. The molecule has 0 saturated heterocycles. The van der Waals surface area contributed by atoms with Gasteiger partial charge in [0.2, 0.25) is 0 Å². The molecule has 0 amide bonds. The van der Waals surface area contributed by atoms with E-state index in [4.69, 9.17) is 9.97 Å². The van der Waals surface area contributed by atoms with Gasteiger partial charge < -0.3 is 4.57 Å². The lowest BCUT2D eigenvalue weighted by Gasteiger charge is -2.20. The summed E-state index contributed by atoms with van der Waals surface area (Å²) in [4.78, 5) is 9.86. The fourth-order valence-corrected chi connectivity index (χ4v) is 7.85. The molecule has 0 radical (unpaired) electrons. The first-order valence-corrected chi connectivity index (χ1v) is 16.6. The van der Waals surface area contributed by atoms with Crippen LogP contribution in [-0.4, -0.2) is 19.1 Å². The summed E-state index contributed by atoms with van der Waals surface area (Å²) >= 11 is 0. The third kappa shape index (κ3) is 3.77. The van der Waals surface area contributed by atoms with Gasteiger partial charge in [0.15, 0.2) is 0 Å². The highest BCUT2D eigenvalue weighted by molar-refractivity contribution is 6.28. The van der Waals surface area contributed by atoms with Crippen molar-refractivity contribution in [3.05, 3.63) is 145 Å². The fourth-order valence-electron chi connectivity index (χ4n) is 7.85. The number of aromatic nitrogens is 4. The Morgan fingerprint density at radius 3 is 1.81 bits per heavy atom. The largest absolute Gasteiger partial charge is 0.309 e. The maximum atomic E-state index is 4.94. The van der Waals surface area contributed by atoms with Gasteiger partial charge in [-0.2, -0.15) is 0 Å². The molecule has 0 N–H and O–H groups in total. The van der Waals surface area contributed by atoms with Gasteiger partial charge in [0.25, 0.3) is 0 Å². The Balaban J connectivity index is 1.32. The van der Waals surface area contributed by atoms with Gasteiger partial charge in [-0.1, -0.05) is 93.6 Å². The molecule has 10 rings (SSSR count). The molecule has 0 aliphatic carbocycles. The lowest BCUT2D eigenvalue weighted by molar-refractivity contribution is 0.588. The predicted octanol–water partition coefficient (Wildman–Crippen LogP) is 11.4. The van der Waals surface area contributed by atoms with E-state index >= 15 is 0 Å². The summed E-state index contributed by atoms with van der Waals surface area (Å²) in [6.07, 6.45) is 3.85. The van der Waals surface area contributed by atoms with Crippen molar-refractivity contribution in [2.75, 3.05) is 0 Å². The third-order valence-electron chi connectivity index (χ3n) is 10.1. The van der Waals surface area contributed by atoms with Crippen molar-refractivity contribution in [2.45, 2.75) is 26.2 Å². The SMILES string of the molecule is CC(C)(C)c1ccnc(-n2c3ccccc3c3ccc(-n4c5ccccc5c5cc6c7ccccc7c7cccnc7c6cc54)cc32)c1. The number of para-hydroxylation sites is 2. The van der Waals surface area contributed by atoms with E-state index in [-0.39, 0.29) is 5.41 Å². The lowest BCUT2D eigenvalue weighted by atomic mass is 9.88. The molecule has 0 aliphatic rings. The predicted molar refractivity (Wildman–Crippen MR) is 202 cm³/mol. The Bertz CT molecular complexity index is 2940. The molecule has 0 bridgehead atoms. The van der Waals surface area contributed by atoms with Crippen LogP contribution in [0.25, 0.3) is 87.6 Å². The summed E-state index contributed by atoms with van der Waals surface area (Å²) in [7, 11) is 0. The van der Waals surface area contributed by atoms with Crippen LogP contribution in [0, 0.1) is 0 Å². The molecule has 0 fully saturated rings. The molecule has 4 heterocycles. The number of pyridine rings is 2. The molecule has 0 atom stereocenters. The molecule has 4 heteroatoms. The molecule has 6 aromatic carbocycles. The molecular weight excluding hydrogens is 585 g/mol. The van der Waals surface area contributed by atoms with Crippen molar-refractivity contribution >= 4 is 76.1 Å². The first-order chi connectivity index (χ1) is 23.5. The highest BCUT2D eigenvalue weighted by Gasteiger charge is 2.20. The molecule has 0 saturated carbocycles. The minimum absolute atomic E-state index is 0.0116. The molecule has 0 spiro atoms. The number of hydrogen-bond acceptors (Lipinski definition) is 2. The average Bonchev–Trinajstić information content (AvgIpc) is 3.63. The quantitative estimate of drug-likeness (QED) is 0.181. The zero-order valence-corrected chi connectivity index (χ0v) is 27.1. The van der Waals surface area contributed by atoms with Crippen molar-refractivity contribution in [1.29, 1.82) is 0 Å². The Morgan fingerprint density at radius 1 is 0.417 bits per heavy atom. The molecule has 10 aromatic rings. The van der Waals surface area contributed by atoms with E-state index in [9.17, 15) is 0 Å². The van der Waals surface area contributed by atoms with Gasteiger partial charge in [-0.05, 0) is 81.7 Å². The summed E-state index contributed by atoms with van der Waals surface area (Å²) in [5.41, 5.74) is 8.06. The summed E-state index contributed by atoms with van der Waals surface area (Å²) in [6.45, 7) is 6.76. The van der Waals surface area contributed by atoms with Crippen LogP contribution < -0.4 is 0 Å². The Morgan fingerprint density at radius 2 is 1.04 bits per heavy atom. The highest BCUT2D eigenvalue weighted by atomic mass is 15.1. The molecule has 228 valence electrons. The van der Waals surface area contributed by atoms with Crippen LogP contribution in [0.5, 0.6) is 0 Å². The van der Waals surface area contributed by atoms with E-state index in [1.165, 1.54) is 65.1 Å². The van der Waals surface area contributed by atoms with E-state index in [0.717, 1.165) is 28.1 Å². The number of fused-ring (bicyclic) bond motifs is 12. The highest BCUT2D eigenvalue weighted by Crippen LogP contribution is 2.41. The van der Waals surface area contributed by atoms with Crippen molar-refractivity contribution in [2.24, 2.45) is 0 Å². The summed E-state index contributed by atoms with van der Waals surface area (Å²) < 4.78 is 4.75. The zero-order valence-electron chi connectivity index (χ0n) is 27.1. The number of nitrogens with zero attached hydrogens (tertiary/aromatic N) is 4. The minimum Gasteiger partial charge on any atom is -0.309 e. The second-order valence-corrected chi connectivity index (χ2v) is 13.9. The van der Waals surface area contributed by atoms with Crippen LogP contribution in [0.3, 0.4) is 0 Å². The third-order valence-corrected chi connectivity index (χ3v) is 10.1. The summed E-state index contributed by atoms with van der Waals surface area (Å²) in [6, 6.07) is 46.4.